The molecule has 1 unspecified atom stereocenters. The van der Waals surface area contributed by atoms with Crippen LogP contribution in [-0.4, -0.2) is 62.7 Å². The largest absolute Gasteiger partial charge is 0.368 e. The fraction of sp³-hybridized carbons (Fsp3) is 1.00. The molecule has 1 aliphatic rings. The summed E-state index contributed by atoms with van der Waals surface area (Å²) in [4.78, 5) is 2.15. The Morgan fingerprint density at radius 2 is 2.06 bits per heavy atom. The van der Waals surface area contributed by atoms with Crippen molar-refractivity contribution in [3.63, 3.8) is 0 Å². The van der Waals surface area contributed by atoms with Crippen LogP contribution < -0.4 is 5.73 Å². The van der Waals surface area contributed by atoms with Gasteiger partial charge in [0.25, 0.3) is 0 Å². The van der Waals surface area contributed by atoms with Gasteiger partial charge in [-0.1, -0.05) is 6.92 Å². The van der Waals surface area contributed by atoms with Crippen LogP contribution in [0.4, 0.5) is 0 Å². The van der Waals surface area contributed by atoms with Gasteiger partial charge in [-0.2, -0.15) is 0 Å². The van der Waals surface area contributed by atoms with Gasteiger partial charge in [0.1, 0.15) is 0 Å². The van der Waals surface area contributed by atoms with Crippen LogP contribution in [0.25, 0.3) is 0 Å². The highest BCUT2D eigenvalue weighted by atomic mass is 32.2. The number of hydrogen-bond donors (Lipinski definition) is 1. The van der Waals surface area contributed by atoms with E-state index in [2.05, 4.69) is 4.90 Å². The monoisotopic (exact) mass is 278 g/mol. The lowest BCUT2D eigenvalue weighted by molar-refractivity contribution is -0.130. The summed E-state index contributed by atoms with van der Waals surface area (Å²) in [5, 5.41) is 0. The molecular weight excluding hydrogens is 252 g/mol. The molecule has 2 N–H and O–H groups in total. The molecule has 5 nitrogen and oxygen atoms in total. The molecule has 18 heavy (non-hydrogen) atoms. The van der Waals surface area contributed by atoms with E-state index in [1.54, 1.807) is 0 Å². The van der Waals surface area contributed by atoms with E-state index in [1.165, 1.54) is 0 Å². The van der Waals surface area contributed by atoms with E-state index >= 15 is 0 Å². The fourth-order valence-electron chi connectivity index (χ4n) is 2.39. The van der Waals surface area contributed by atoms with E-state index in [1.807, 2.05) is 20.8 Å². The van der Waals surface area contributed by atoms with Crippen molar-refractivity contribution in [2.24, 2.45) is 5.73 Å². The van der Waals surface area contributed by atoms with Crippen LogP contribution in [0.15, 0.2) is 0 Å². The van der Waals surface area contributed by atoms with Gasteiger partial charge in [0, 0.05) is 31.9 Å². The third-order valence-electron chi connectivity index (χ3n) is 3.05. The Labute approximate surface area is 111 Å². The van der Waals surface area contributed by atoms with Crippen molar-refractivity contribution >= 4 is 9.84 Å². The van der Waals surface area contributed by atoms with Crippen LogP contribution >= 0.6 is 0 Å². The second kappa shape index (κ2) is 6.32. The highest BCUT2D eigenvalue weighted by molar-refractivity contribution is 7.91. The minimum Gasteiger partial charge on any atom is -0.368 e. The first-order valence-corrected chi connectivity index (χ1v) is 8.41. The molecule has 1 heterocycles. The molecular formula is C12H26N2O3S. The van der Waals surface area contributed by atoms with Crippen molar-refractivity contribution in [2.45, 2.75) is 38.9 Å². The van der Waals surface area contributed by atoms with Gasteiger partial charge in [0.2, 0.25) is 0 Å². The lowest BCUT2D eigenvalue weighted by atomic mass is 10.1. The number of rotatable bonds is 6. The Balaban J connectivity index is 2.51. The van der Waals surface area contributed by atoms with Crippen LogP contribution in [0.1, 0.15) is 27.2 Å². The van der Waals surface area contributed by atoms with E-state index in [9.17, 15) is 8.42 Å². The molecule has 6 heteroatoms. The highest BCUT2D eigenvalue weighted by Gasteiger charge is 2.32. The molecule has 0 aromatic carbocycles. The van der Waals surface area contributed by atoms with Crippen LogP contribution in [0, 0.1) is 0 Å². The summed E-state index contributed by atoms with van der Waals surface area (Å²) < 4.78 is 29.2. The molecule has 0 aromatic rings. The molecule has 1 aliphatic heterocycles. The average Bonchev–Trinajstić information content (AvgIpc) is 2.24. The maximum atomic E-state index is 11.7. The minimum atomic E-state index is -2.91. The molecule has 1 fully saturated rings. The Kier molecular flexibility index (Phi) is 5.58. The lowest BCUT2D eigenvalue weighted by Crippen LogP contribution is -2.55. The zero-order valence-electron chi connectivity index (χ0n) is 11.7. The van der Waals surface area contributed by atoms with Gasteiger partial charge in [0.05, 0.1) is 17.5 Å². The Bertz CT molecular complexity index is 354. The smallest absolute Gasteiger partial charge is 0.151 e. The quantitative estimate of drug-likeness (QED) is 0.754. The first-order chi connectivity index (χ1) is 8.28. The van der Waals surface area contributed by atoms with Crippen molar-refractivity contribution in [1.29, 1.82) is 0 Å². The molecule has 0 saturated carbocycles. The predicted octanol–water partition coefficient (Wildman–Crippen LogP) is 0.249. The maximum absolute atomic E-state index is 11.7. The van der Waals surface area contributed by atoms with Crippen molar-refractivity contribution in [2.75, 3.05) is 37.7 Å². The number of ether oxygens (including phenoxy) is 1. The van der Waals surface area contributed by atoms with Crippen LogP contribution in [0.3, 0.4) is 0 Å². The fourth-order valence-corrected chi connectivity index (χ4v) is 3.75. The molecule has 108 valence electrons. The molecule has 0 bridgehead atoms. The molecule has 1 rings (SSSR count). The summed E-state index contributed by atoms with van der Waals surface area (Å²) in [5.41, 5.74) is 5.39. The predicted molar refractivity (Wildman–Crippen MR) is 73.4 cm³/mol. The first-order valence-electron chi connectivity index (χ1n) is 6.58. The Hall–Kier alpha value is -0.170. The molecule has 1 atom stereocenters. The third-order valence-corrected chi connectivity index (χ3v) is 4.88. The third kappa shape index (κ3) is 5.22. The maximum Gasteiger partial charge on any atom is 0.151 e. The van der Waals surface area contributed by atoms with E-state index < -0.39 is 9.84 Å². The molecule has 0 aromatic heterocycles. The Morgan fingerprint density at radius 1 is 1.39 bits per heavy atom. The lowest BCUT2D eigenvalue weighted by Gasteiger charge is -2.42. The number of hydrogen-bond acceptors (Lipinski definition) is 5. The SMILES string of the molecule is CCCS(=O)(=O)CCN1CC(CN)OC(C)(C)C1. The number of nitrogens with zero attached hydrogens (tertiary/aromatic N) is 1. The van der Waals surface area contributed by atoms with Gasteiger partial charge in [-0.3, -0.25) is 4.90 Å². The van der Waals surface area contributed by atoms with Crippen LogP contribution in [-0.2, 0) is 14.6 Å². The van der Waals surface area contributed by atoms with Crippen LogP contribution in [0.2, 0.25) is 0 Å². The van der Waals surface area contributed by atoms with Gasteiger partial charge in [0.15, 0.2) is 9.84 Å². The van der Waals surface area contributed by atoms with Crippen molar-refractivity contribution in [3.8, 4) is 0 Å². The van der Waals surface area contributed by atoms with Crippen LogP contribution in [0.5, 0.6) is 0 Å². The summed E-state index contributed by atoms with van der Waals surface area (Å²) in [5.74, 6) is 0.509. The summed E-state index contributed by atoms with van der Waals surface area (Å²) in [6.45, 7) is 8.45. The second-order valence-corrected chi connectivity index (χ2v) is 7.93. The summed E-state index contributed by atoms with van der Waals surface area (Å²) in [6.07, 6.45) is 0.685. The van der Waals surface area contributed by atoms with Gasteiger partial charge < -0.3 is 10.5 Å². The second-order valence-electron chi connectivity index (χ2n) is 5.62. The zero-order valence-corrected chi connectivity index (χ0v) is 12.5. The molecule has 0 aliphatic carbocycles. The molecule has 1 saturated heterocycles. The van der Waals surface area contributed by atoms with Gasteiger partial charge in [-0.15, -0.1) is 0 Å². The Morgan fingerprint density at radius 3 is 2.61 bits per heavy atom. The normalized spacial score (nSPS) is 25.2. The van der Waals surface area contributed by atoms with Crippen molar-refractivity contribution in [1.82, 2.24) is 4.90 Å². The van der Waals surface area contributed by atoms with E-state index in [0.717, 1.165) is 13.1 Å². The summed E-state index contributed by atoms with van der Waals surface area (Å²) in [6, 6.07) is 0. The van der Waals surface area contributed by atoms with E-state index in [4.69, 9.17) is 10.5 Å². The average molecular weight is 278 g/mol. The summed E-state index contributed by atoms with van der Waals surface area (Å²) in [7, 11) is -2.91. The van der Waals surface area contributed by atoms with E-state index in [0.29, 0.717) is 19.5 Å². The molecule has 0 spiro atoms. The van der Waals surface area contributed by atoms with Gasteiger partial charge in [-0.25, -0.2) is 8.42 Å². The summed E-state index contributed by atoms with van der Waals surface area (Å²) >= 11 is 0. The van der Waals surface area contributed by atoms with Crippen molar-refractivity contribution < 1.29 is 13.2 Å². The highest BCUT2D eigenvalue weighted by Crippen LogP contribution is 2.20. The topological polar surface area (TPSA) is 72.6 Å². The minimum absolute atomic E-state index is 0.00243. The first kappa shape index (κ1) is 15.9. The zero-order chi connectivity index (χ0) is 13.8. The molecule has 0 amide bonds. The van der Waals surface area contributed by atoms with E-state index in [-0.39, 0.29) is 23.2 Å². The number of sulfone groups is 1. The molecule has 0 radical (unpaired) electrons. The van der Waals surface area contributed by atoms with Gasteiger partial charge >= 0.3 is 0 Å². The van der Waals surface area contributed by atoms with Gasteiger partial charge in [-0.05, 0) is 20.3 Å². The van der Waals surface area contributed by atoms with Crippen molar-refractivity contribution in [3.05, 3.63) is 0 Å². The number of nitrogens with two attached hydrogens (primary N) is 1. The number of morpholine rings is 1. The standard InChI is InChI=1S/C12H26N2O3S/c1-4-6-18(15,16)7-5-14-9-11(8-13)17-12(2,3)10-14/h11H,4-10,13H2,1-3H3.